The van der Waals surface area contributed by atoms with Gasteiger partial charge in [0.1, 0.15) is 29.2 Å². The predicted octanol–water partition coefficient (Wildman–Crippen LogP) is -0.239. The molecule has 3 heterocycles. The van der Waals surface area contributed by atoms with Gasteiger partial charge in [-0.2, -0.15) is 0 Å². The monoisotopic (exact) mass is 379 g/mol. The van der Waals surface area contributed by atoms with Gasteiger partial charge in [0.25, 0.3) is 11.8 Å². The molecule has 0 saturated heterocycles. The Hall–Kier alpha value is -3.95. The number of nitrogens with one attached hydrogen (secondary N) is 1. The van der Waals surface area contributed by atoms with Crippen molar-refractivity contribution in [3.63, 3.8) is 0 Å². The number of imidazole rings is 1. The van der Waals surface area contributed by atoms with Gasteiger partial charge in [0.2, 0.25) is 5.78 Å². The summed E-state index contributed by atoms with van der Waals surface area (Å²) in [6.45, 7) is 1.72. The minimum atomic E-state index is -1.21. The molecule has 28 heavy (non-hydrogen) atoms. The van der Waals surface area contributed by atoms with E-state index in [2.05, 4.69) is 25.3 Å². The van der Waals surface area contributed by atoms with Crippen molar-refractivity contribution in [1.29, 1.82) is 0 Å². The Kier molecular flexibility index (Phi) is 5.49. The Balaban J connectivity index is 1.89. The molecule has 3 rings (SSSR count). The molecule has 0 bridgehead atoms. The smallest absolute Gasteiger partial charge is 0.287 e. The molecule has 0 aliphatic rings. The molecule has 3 aromatic rings. The number of pyridine rings is 1. The van der Waals surface area contributed by atoms with Crippen molar-refractivity contribution >= 4 is 17.6 Å². The van der Waals surface area contributed by atoms with E-state index < -0.39 is 23.6 Å². The van der Waals surface area contributed by atoms with Gasteiger partial charge in [-0.25, -0.2) is 19.9 Å². The van der Waals surface area contributed by atoms with Crippen LogP contribution in [0.1, 0.15) is 22.1 Å². The molecular weight excluding hydrogens is 362 g/mol. The largest absolute Gasteiger partial charge is 0.363 e. The van der Waals surface area contributed by atoms with Gasteiger partial charge in [0, 0.05) is 25.0 Å². The fourth-order valence-electron chi connectivity index (χ4n) is 2.61. The number of ketones is 1. The van der Waals surface area contributed by atoms with Crippen LogP contribution in [0.3, 0.4) is 0 Å². The Bertz CT molecular complexity index is 1000. The first-order chi connectivity index (χ1) is 13.5. The van der Waals surface area contributed by atoms with Gasteiger partial charge in [-0.3, -0.25) is 19.0 Å². The van der Waals surface area contributed by atoms with E-state index in [1.165, 1.54) is 18.6 Å². The zero-order chi connectivity index (χ0) is 20.1. The maximum Gasteiger partial charge on any atom is 0.287 e. The minimum absolute atomic E-state index is 0.0783. The molecule has 1 atom stereocenters. The zero-order valence-corrected chi connectivity index (χ0v) is 14.9. The summed E-state index contributed by atoms with van der Waals surface area (Å²) in [6.07, 6.45) is 5.86. The molecule has 3 N–H and O–H groups in total. The van der Waals surface area contributed by atoms with E-state index in [0.717, 1.165) is 0 Å². The van der Waals surface area contributed by atoms with Crippen LogP contribution in [0, 0.1) is 6.92 Å². The second-order valence-corrected chi connectivity index (χ2v) is 5.84. The SMILES string of the molecule is Cc1ncc(C(=O)NC(Cc2ncccn2)C(=O)C(N)=O)n1-c1ccccn1. The van der Waals surface area contributed by atoms with Crippen molar-refractivity contribution in [2.24, 2.45) is 5.73 Å². The third kappa shape index (κ3) is 4.06. The summed E-state index contributed by atoms with van der Waals surface area (Å²) in [6, 6.07) is 5.64. The quantitative estimate of drug-likeness (QED) is 0.539. The molecule has 0 radical (unpaired) electrons. The van der Waals surface area contributed by atoms with Crippen molar-refractivity contribution in [2.45, 2.75) is 19.4 Å². The van der Waals surface area contributed by atoms with Crippen LogP contribution in [0.4, 0.5) is 0 Å². The van der Waals surface area contributed by atoms with Crippen molar-refractivity contribution in [2.75, 3.05) is 0 Å². The van der Waals surface area contributed by atoms with Crippen LogP contribution in [0.15, 0.2) is 49.1 Å². The number of rotatable bonds is 7. The number of primary amides is 1. The number of nitrogens with two attached hydrogens (primary N) is 1. The van der Waals surface area contributed by atoms with E-state index >= 15 is 0 Å². The van der Waals surface area contributed by atoms with E-state index in [1.54, 1.807) is 42.0 Å². The Morgan fingerprint density at radius 1 is 1.07 bits per heavy atom. The van der Waals surface area contributed by atoms with Crippen LogP contribution in [0.2, 0.25) is 0 Å². The number of aromatic nitrogens is 5. The van der Waals surface area contributed by atoms with Gasteiger partial charge in [0.05, 0.1) is 6.20 Å². The third-order valence-electron chi connectivity index (χ3n) is 3.92. The first kappa shape index (κ1) is 18.8. The molecule has 0 aliphatic heterocycles. The van der Waals surface area contributed by atoms with Gasteiger partial charge < -0.3 is 11.1 Å². The standard InChI is InChI=1S/C18H17N7O3/c1-11-23-10-13(25(11)15-5-2-3-6-22-15)18(28)24-12(16(26)17(19)27)9-14-20-7-4-8-21-14/h2-8,10,12H,9H2,1H3,(H2,19,27)(H,24,28). The second-order valence-electron chi connectivity index (χ2n) is 5.84. The number of Topliss-reactive ketones (excluding diaryl/α,β-unsaturated/α-hetero) is 1. The van der Waals surface area contributed by atoms with Gasteiger partial charge in [0.15, 0.2) is 0 Å². The highest BCUT2D eigenvalue weighted by Gasteiger charge is 2.28. The summed E-state index contributed by atoms with van der Waals surface area (Å²) in [4.78, 5) is 52.8. The molecule has 10 nitrogen and oxygen atoms in total. The number of carbonyl (C=O) groups excluding carboxylic acids is 3. The summed E-state index contributed by atoms with van der Waals surface area (Å²) in [5.41, 5.74) is 5.28. The lowest BCUT2D eigenvalue weighted by atomic mass is 10.1. The molecule has 1 unspecified atom stereocenters. The number of hydrogen-bond acceptors (Lipinski definition) is 7. The predicted molar refractivity (Wildman–Crippen MR) is 97.3 cm³/mol. The molecule has 10 heteroatoms. The highest BCUT2D eigenvalue weighted by molar-refractivity contribution is 6.38. The fraction of sp³-hybridized carbons (Fsp3) is 0.167. The number of aryl methyl sites for hydroxylation is 1. The molecule has 0 aromatic carbocycles. The first-order valence-electron chi connectivity index (χ1n) is 8.33. The minimum Gasteiger partial charge on any atom is -0.363 e. The van der Waals surface area contributed by atoms with Crippen LogP contribution in [0.25, 0.3) is 5.82 Å². The maximum absolute atomic E-state index is 12.8. The van der Waals surface area contributed by atoms with Crippen LogP contribution >= 0.6 is 0 Å². The van der Waals surface area contributed by atoms with E-state index in [0.29, 0.717) is 11.6 Å². The number of amides is 2. The van der Waals surface area contributed by atoms with Gasteiger partial charge in [-0.05, 0) is 25.1 Å². The molecule has 0 spiro atoms. The summed E-state index contributed by atoms with van der Waals surface area (Å²) in [5.74, 6) is -1.39. The van der Waals surface area contributed by atoms with Gasteiger partial charge >= 0.3 is 0 Å². The lowest BCUT2D eigenvalue weighted by Gasteiger charge is -2.16. The average molecular weight is 379 g/mol. The van der Waals surface area contributed by atoms with Crippen molar-refractivity contribution in [3.8, 4) is 5.82 Å². The third-order valence-corrected chi connectivity index (χ3v) is 3.92. The second kappa shape index (κ2) is 8.16. The number of hydrogen-bond donors (Lipinski definition) is 2. The van der Waals surface area contributed by atoms with E-state index in [1.807, 2.05) is 0 Å². The first-order valence-corrected chi connectivity index (χ1v) is 8.33. The Labute approximate surface area is 159 Å². The number of nitrogens with zero attached hydrogens (tertiary/aromatic N) is 5. The maximum atomic E-state index is 12.8. The highest BCUT2D eigenvalue weighted by Crippen LogP contribution is 2.13. The zero-order valence-electron chi connectivity index (χ0n) is 14.9. The van der Waals surface area contributed by atoms with Crippen molar-refractivity contribution in [3.05, 3.63) is 66.4 Å². The normalized spacial score (nSPS) is 11.6. The Morgan fingerprint density at radius 2 is 1.79 bits per heavy atom. The molecule has 0 saturated carbocycles. The summed E-state index contributed by atoms with van der Waals surface area (Å²) < 4.78 is 1.54. The van der Waals surface area contributed by atoms with Crippen LogP contribution < -0.4 is 11.1 Å². The lowest BCUT2D eigenvalue weighted by Crippen LogP contribution is -2.48. The topological polar surface area (TPSA) is 146 Å². The summed E-state index contributed by atoms with van der Waals surface area (Å²) in [5, 5.41) is 2.53. The van der Waals surface area contributed by atoms with Crippen molar-refractivity contribution in [1.82, 2.24) is 29.8 Å². The molecule has 3 aromatic heterocycles. The summed E-state index contributed by atoms with van der Waals surface area (Å²) in [7, 11) is 0. The molecular formula is C18H17N7O3. The summed E-state index contributed by atoms with van der Waals surface area (Å²) >= 11 is 0. The van der Waals surface area contributed by atoms with E-state index in [9.17, 15) is 14.4 Å². The molecule has 0 aliphatic carbocycles. The fourth-order valence-corrected chi connectivity index (χ4v) is 2.61. The van der Waals surface area contributed by atoms with Crippen LogP contribution in [-0.2, 0) is 16.0 Å². The van der Waals surface area contributed by atoms with Gasteiger partial charge in [-0.15, -0.1) is 0 Å². The van der Waals surface area contributed by atoms with E-state index in [4.69, 9.17) is 5.73 Å². The lowest BCUT2D eigenvalue weighted by molar-refractivity contribution is -0.137. The van der Waals surface area contributed by atoms with Crippen LogP contribution in [-0.4, -0.2) is 48.1 Å². The number of carbonyl (C=O) groups is 3. The van der Waals surface area contributed by atoms with E-state index in [-0.39, 0.29) is 17.9 Å². The molecule has 142 valence electrons. The van der Waals surface area contributed by atoms with Gasteiger partial charge in [-0.1, -0.05) is 6.07 Å². The molecule has 0 fully saturated rings. The van der Waals surface area contributed by atoms with Crippen LogP contribution in [0.5, 0.6) is 0 Å². The van der Waals surface area contributed by atoms with Crippen molar-refractivity contribution < 1.29 is 14.4 Å². The molecule has 2 amide bonds. The highest BCUT2D eigenvalue weighted by atomic mass is 16.2. The average Bonchev–Trinajstić information content (AvgIpc) is 3.09. The Morgan fingerprint density at radius 3 is 2.43 bits per heavy atom.